The van der Waals surface area contributed by atoms with Gasteiger partial charge in [0.1, 0.15) is 0 Å². The average molecular weight is 302 g/mol. The molecule has 0 aliphatic rings. The lowest BCUT2D eigenvalue weighted by Gasteiger charge is -2.14. The fourth-order valence-electron chi connectivity index (χ4n) is 2.17. The second-order valence-corrected chi connectivity index (χ2v) is 6.80. The van der Waals surface area contributed by atoms with Crippen molar-refractivity contribution in [3.63, 3.8) is 0 Å². The smallest absolute Gasteiger partial charge is 0.261 e. The molecule has 0 unspecified atom stereocenters. The number of aryl methyl sites for hydroxylation is 2. The zero-order chi connectivity index (χ0) is 15.4. The van der Waals surface area contributed by atoms with Gasteiger partial charge < -0.3 is 10.2 Å². The number of hydrogen-bond donors (Lipinski definition) is 1. The second kappa shape index (κ2) is 6.87. The third-order valence-corrected chi connectivity index (χ3v) is 4.59. The third-order valence-electron chi connectivity index (χ3n) is 3.43. The van der Waals surface area contributed by atoms with Crippen LogP contribution >= 0.6 is 11.3 Å². The standard InChI is InChI=1S/C17H22N2OS/c1-12-9-16(21-13(12)2)17(20)18-10-14-7-5-6-8-15(14)11-19(3)4/h5-9H,10-11H2,1-4H3,(H,18,20). The Morgan fingerprint density at radius 3 is 2.43 bits per heavy atom. The molecule has 1 aromatic heterocycles. The molecule has 0 aliphatic heterocycles. The summed E-state index contributed by atoms with van der Waals surface area (Å²) >= 11 is 1.55. The Morgan fingerprint density at radius 1 is 1.19 bits per heavy atom. The Bertz CT molecular complexity index is 612. The number of nitrogens with zero attached hydrogens (tertiary/aromatic N) is 1. The van der Waals surface area contributed by atoms with Crippen LogP contribution in [0.5, 0.6) is 0 Å². The van der Waals surface area contributed by atoms with Crippen molar-refractivity contribution < 1.29 is 4.79 Å². The number of thiophene rings is 1. The number of carbonyl (C=O) groups is 1. The molecule has 2 aromatic rings. The third kappa shape index (κ3) is 4.16. The minimum absolute atomic E-state index is 0.0101. The predicted molar refractivity (Wildman–Crippen MR) is 88.8 cm³/mol. The molecule has 1 heterocycles. The molecular weight excluding hydrogens is 280 g/mol. The average Bonchev–Trinajstić information content (AvgIpc) is 2.77. The Hall–Kier alpha value is -1.65. The molecule has 0 radical (unpaired) electrons. The summed E-state index contributed by atoms with van der Waals surface area (Å²) in [4.78, 5) is 16.3. The number of nitrogens with one attached hydrogen (secondary N) is 1. The maximum Gasteiger partial charge on any atom is 0.261 e. The van der Waals surface area contributed by atoms with E-state index < -0.39 is 0 Å². The molecule has 112 valence electrons. The van der Waals surface area contributed by atoms with E-state index in [9.17, 15) is 4.79 Å². The summed E-state index contributed by atoms with van der Waals surface area (Å²) in [7, 11) is 4.10. The Labute approximate surface area is 130 Å². The van der Waals surface area contributed by atoms with Crippen molar-refractivity contribution in [1.29, 1.82) is 0 Å². The van der Waals surface area contributed by atoms with Crippen molar-refractivity contribution in [2.24, 2.45) is 0 Å². The van der Waals surface area contributed by atoms with Gasteiger partial charge in [-0.3, -0.25) is 4.79 Å². The molecule has 0 fully saturated rings. The molecule has 3 nitrogen and oxygen atoms in total. The first kappa shape index (κ1) is 15.7. The van der Waals surface area contributed by atoms with Gasteiger partial charge in [-0.2, -0.15) is 0 Å². The first-order valence-electron chi connectivity index (χ1n) is 7.04. The van der Waals surface area contributed by atoms with Crippen molar-refractivity contribution in [3.8, 4) is 0 Å². The lowest BCUT2D eigenvalue weighted by atomic mass is 10.1. The van der Waals surface area contributed by atoms with Crippen LogP contribution in [0.25, 0.3) is 0 Å². The first-order valence-corrected chi connectivity index (χ1v) is 7.85. The summed E-state index contributed by atoms with van der Waals surface area (Å²) < 4.78 is 0. The molecule has 0 atom stereocenters. The highest BCUT2D eigenvalue weighted by molar-refractivity contribution is 7.14. The van der Waals surface area contributed by atoms with Crippen LogP contribution in [0.15, 0.2) is 30.3 Å². The first-order chi connectivity index (χ1) is 9.97. The molecule has 0 saturated carbocycles. The molecule has 1 N–H and O–H groups in total. The normalized spacial score (nSPS) is 10.9. The molecule has 21 heavy (non-hydrogen) atoms. The van der Waals surface area contributed by atoms with Gasteiger partial charge in [0, 0.05) is 18.0 Å². The maximum atomic E-state index is 12.2. The zero-order valence-corrected chi connectivity index (χ0v) is 13.9. The minimum atomic E-state index is 0.0101. The molecule has 0 aliphatic carbocycles. The van der Waals surface area contributed by atoms with Crippen LogP contribution in [0.4, 0.5) is 0 Å². The summed E-state index contributed by atoms with van der Waals surface area (Å²) in [6.45, 7) is 5.53. The van der Waals surface area contributed by atoms with Crippen LogP contribution in [0, 0.1) is 13.8 Å². The van der Waals surface area contributed by atoms with Gasteiger partial charge in [-0.1, -0.05) is 24.3 Å². The number of amides is 1. The Kier molecular flexibility index (Phi) is 5.15. The van der Waals surface area contributed by atoms with Crippen LogP contribution in [-0.2, 0) is 13.1 Å². The molecule has 4 heteroatoms. The van der Waals surface area contributed by atoms with E-state index in [-0.39, 0.29) is 5.91 Å². The van der Waals surface area contributed by atoms with Gasteiger partial charge in [-0.15, -0.1) is 11.3 Å². The largest absolute Gasteiger partial charge is 0.347 e. The van der Waals surface area contributed by atoms with E-state index in [1.807, 2.05) is 46.1 Å². The number of benzene rings is 1. The molecule has 1 amide bonds. The van der Waals surface area contributed by atoms with Crippen molar-refractivity contribution in [3.05, 3.63) is 56.8 Å². The van der Waals surface area contributed by atoms with Gasteiger partial charge >= 0.3 is 0 Å². The van der Waals surface area contributed by atoms with Gasteiger partial charge in [-0.25, -0.2) is 0 Å². The highest BCUT2D eigenvalue weighted by Gasteiger charge is 2.11. The monoisotopic (exact) mass is 302 g/mol. The molecule has 0 spiro atoms. The second-order valence-electron chi connectivity index (χ2n) is 5.54. The summed E-state index contributed by atoms with van der Waals surface area (Å²) in [5, 5.41) is 3.02. The highest BCUT2D eigenvalue weighted by atomic mass is 32.1. The molecule has 1 aromatic carbocycles. The Balaban J connectivity index is 2.04. The van der Waals surface area contributed by atoms with E-state index in [1.165, 1.54) is 21.6 Å². The van der Waals surface area contributed by atoms with Crippen LogP contribution < -0.4 is 5.32 Å². The van der Waals surface area contributed by atoms with E-state index in [0.29, 0.717) is 6.54 Å². The van der Waals surface area contributed by atoms with Crippen LogP contribution in [-0.4, -0.2) is 24.9 Å². The van der Waals surface area contributed by atoms with Crippen LogP contribution in [0.2, 0.25) is 0 Å². The zero-order valence-electron chi connectivity index (χ0n) is 13.1. The van der Waals surface area contributed by atoms with Crippen LogP contribution in [0.3, 0.4) is 0 Å². The highest BCUT2D eigenvalue weighted by Crippen LogP contribution is 2.20. The quantitative estimate of drug-likeness (QED) is 0.918. The van der Waals surface area contributed by atoms with Gasteiger partial charge in [0.25, 0.3) is 5.91 Å². The summed E-state index contributed by atoms with van der Waals surface area (Å²) in [6, 6.07) is 10.2. The molecule has 2 rings (SSSR count). The fourth-order valence-corrected chi connectivity index (χ4v) is 3.12. The van der Waals surface area contributed by atoms with E-state index in [2.05, 4.69) is 22.3 Å². The van der Waals surface area contributed by atoms with E-state index in [4.69, 9.17) is 0 Å². The number of hydrogen-bond acceptors (Lipinski definition) is 3. The molecule has 0 bridgehead atoms. The van der Waals surface area contributed by atoms with Crippen molar-refractivity contribution >= 4 is 17.2 Å². The van der Waals surface area contributed by atoms with Gasteiger partial charge in [-0.05, 0) is 50.7 Å². The number of rotatable bonds is 5. The Morgan fingerprint density at radius 2 is 1.86 bits per heavy atom. The van der Waals surface area contributed by atoms with Crippen LogP contribution in [0.1, 0.15) is 31.2 Å². The van der Waals surface area contributed by atoms with Crippen molar-refractivity contribution in [2.45, 2.75) is 26.9 Å². The van der Waals surface area contributed by atoms with E-state index in [1.54, 1.807) is 11.3 Å². The van der Waals surface area contributed by atoms with Gasteiger partial charge in [0.15, 0.2) is 0 Å². The number of carbonyl (C=O) groups excluding carboxylic acids is 1. The van der Waals surface area contributed by atoms with Gasteiger partial charge in [0.2, 0.25) is 0 Å². The maximum absolute atomic E-state index is 12.2. The topological polar surface area (TPSA) is 32.3 Å². The van der Waals surface area contributed by atoms with E-state index in [0.717, 1.165) is 11.4 Å². The fraction of sp³-hybridized carbons (Fsp3) is 0.353. The minimum Gasteiger partial charge on any atom is -0.347 e. The van der Waals surface area contributed by atoms with Crippen molar-refractivity contribution in [1.82, 2.24) is 10.2 Å². The van der Waals surface area contributed by atoms with E-state index >= 15 is 0 Å². The lowest BCUT2D eigenvalue weighted by molar-refractivity contribution is 0.0955. The summed E-state index contributed by atoms with van der Waals surface area (Å²) in [5.74, 6) is 0.0101. The SMILES string of the molecule is Cc1cc(C(=O)NCc2ccccc2CN(C)C)sc1C. The summed E-state index contributed by atoms with van der Waals surface area (Å²) in [6.07, 6.45) is 0. The van der Waals surface area contributed by atoms with Gasteiger partial charge in [0.05, 0.1) is 4.88 Å². The summed E-state index contributed by atoms with van der Waals surface area (Å²) in [5.41, 5.74) is 3.60. The molecular formula is C17H22N2OS. The molecule has 0 saturated heterocycles. The van der Waals surface area contributed by atoms with Crippen molar-refractivity contribution in [2.75, 3.05) is 14.1 Å². The lowest BCUT2D eigenvalue weighted by Crippen LogP contribution is -2.23. The predicted octanol–water partition coefficient (Wildman–Crippen LogP) is 3.36.